The van der Waals surface area contributed by atoms with Gasteiger partial charge >= 0.3 is 0 Å². The highest BCUT2D eigenvalue weighted by Crippen LogP contribution is 2.24. The number of piperazine rings is 1. The molecule has 22 heavy (non-hydrogen) atoms. The van der Waals surface area contributed by atoms with Gasteiger partial charge in [-0.25, -0.2) is 4.39 Å². The number of amides is 1. The molecule has 1 amide bonds. The maximum Gasteiger partial charge on any atom is 0.246 e. The maximum absolute atomic E-state index is 12.8. The Morgan fingerprint density at radius 3 is 2.32 bits per heavy atom. The lowest BCUT2D eigenvalue weighted by molar-refractivity contribution is -0.127. The molecule has 1 saturated carbocycles. The summed E-state index contributed by atoms with van der Waals surface area (Å²) in [6.07, 6.45) is 8.69. The van der Waals surface area contributed by atoms with Crippen molar-refractivity contribution in [2.75, 3.05) is 26.2 Å². The van der Waals surface area contributed by atoms with E-state index < -0.39 is 0 Å². The zero-order valence-corrected chi connectivity index (χ0v) is 12.9. The highest BCUT2D eigenvalue weighted by molar-refractivity contribution is 5.91. The molecule has 0 spiro atoms. The number of hydrogen-bond donors (Lipinski definition) is 0. The van der Waals surface area contributed by atoms with Crippen molar-refractivity contribution in [3.05, 3.63) is 41.7 Å². The van der Waals surface area contributed by atoms with Crippen molar-refractivity contribution in [1.82, 2.24) is 9.80 Å². The normalized spacial score (nSPS) is 20.9. The standard InChI is InChI=1S/C18H23FN2O/c19-16-8-5-15(6-9-16)7-10-18(22)21-13-11-20(12-14-21)17-3-1-2-4-17/h5-10,17H,1-4,11-14H2/b10-7+. The molecule has 0 N–H and O–H groups in total. The Labute approximate surface area is 131 Å². The molecule has 0 unspecified atom stereocenters. The SMILES string of the molecule is O=C(/C=C/c1ccc(F)cc1)N1CCN(C2CCCC2)CC1. The minimum absolute atomic E-state index is 0.0513. The molecular formula is C18H23FN2O. The molecule has 1 heterocycles. The molecule has 1 aliphatic heterocycles. The Morgan fingerprint density at radius 2 is 1.68 bits per heavy atom. The molecule has 118 valence electrons. The molecule has 2 fully saturated rings. The minimum atomic E-state index is -0.258. The predicted molar refractivity (Wildman–Crippen MR) is 85.8 cm³/mol. The smallest absolute Gasteiger partial charge is 0.246 e. The van der Waals surface area contributed by atoms with Crippen molar-refractivity contribution in [2.45, 2.75) is 31.7 Å². The average molecular weight is 302 g/mol. The van der Waals surface area contributed by atoms with Crippen LogP contribution in [0.2, 0.25) is 0 Å². The molecule has 0 bridgehead atoms. The van der Waals surface area contributed by atoms with Gasteiger partial charge in [0.1, 0.15) is 5.82 Å². The zero-order chi connectivity index (χ0) is 15.4. The first-order valence-electron chi connectivity index (χ1n) is 8.19. The summed E-state index contributed by atoms with van der Waals surface area (Å²) in [5.74, 6) is -0.207. The van der Waals surface area contributed by atoms with Crippen LogP contribution in [0.15, 0.2) is 30.3 Å². The van der Waals surface area contributed by atoms with Crippen LogP contribution < -0.4 is 0 Å². The fourth-order valence-corrected chi connectivity index (χ4v) is 3.42. The van der Waals surface area contributed by atoms with E-state index in [1.165, 1.54) is 37.8 Å². The van der Waals surface area contributed by atoms with Gasteiger partial charge in [-0.05, 0) is 36.6 Å². The Bertz CT molecular complexity index is 527. The number of benzene rings is 1. The van der Waals surface area contributed by atoms with Crippen molar-refractivity contribution in [2.24, 2.45) is 0 Å². The lowest BCUT2D eigenvalue weighted by atomic mass is 10.1. The fraction of sp³-hybridized carbons (Fsp3) is 0.500. The first-order chi connectivity index (χ1) is 10.7. The van der Waals surface area contributed by atoms with E-state index in [4.69, 9.17) is 0 Å². The number of carbonyl (C=O) groups excluding carboxylic acids is 1. The summed E-state index contributed by atoms with van der Waals surface area (Å²) in [5.41, 5.74) is 0.847. The Hall–Kier alpha value is -1.68. The van der Waals surface area contributed by atoms with Gasteiger partial charge in [-0.3, -0.25) is 9.69 Å². The number of nitrogens with zero attached hydrogens (tertiary/aromatic N) is 2. The molecule has 1 aromatic carbocycles. The summed E-state index contributed by atoms with van der Waals surface area (Å²) in [6.45, 7) is 3.59. The van der Waals surface area contributed by atoms with Crippen molar-refractivity contribution in [1.29, 1.82) is 0 Å². The number of carbonyl (C=O) groups is 1. The van der Waals surface area contributed by atoms with Crippen LogP contribution in [-0.4, -0.2) is 47.9 Å². The van der Waals surface area contributed by atoms with Gasteiger partial charge in [0, 0.05) is 38.3 Å². The summed E-state index contributed by atoms with van der Waals surface area (Å²) in [4.78, 5) is 16.7. The highest BCUT2D eigenvalue weighted by Gasteiger charge is 2.27. The summed E-state index contributed by atoms with van der Waals surface area (Å²) in [7, 11) is 0. The van der Waals surface area contributed by atoms with Gasteiger partial charge < -0.3 is 4.90 Å². The molecule has 0 aromatic heterocycles. The molecule has 2 aliphatic rings. The van der Waals surface area contributed by atoms with Crippen molar-refractivity contribution in [3.8, 4) is 0 Å². The summed E-state index contributed by atoms with van der Waals surface area (Å²) < 4.78 is 12.8. The first kappa shape index (κ1) is 15.2. The fourth-order valence-electron chi connectivity index (χ4n) is 3.42. The summed E-state index contributed by atoms with van der Waals surface area (Å²) in [5, 5.41) is 0. The lowest BCUT2D eigenvalue weighted by Gasteiger charge is -2.37. The predicted octanol–water partition coefficient (Wildman–Crippen LogP) is 2.93. The van der Waals surface area contributed by atoms with Gasteiger partial charge in [-0.15, -0.1) is 0 Å². The lowest BCUT2D eigenvalue weighted by Crippen LogP contribution is -2.51. The van der Waals surface area contributed by atoms with Crippen molar-refractivity contribution >= 4 is 12.0 Å². The summed E-state index contributed by atoms with van der Waals surface area (Å²) in [6, 6.07) is 6.91. The second kappa shape index (κ2) is 7.05. The van der Waals surface area contributed by atoms with Crippen LogP contribution >= 0.6 is 0 Å². The molecule has 1 aliphatic carbocycles. The van der Waals surface area contributed by atoms with Gasteiger partial charge in [0.25, 0.3) is 0 Å². The van der Waals surface area contributed by atoms with E-state index in [0.717, 1.165) is 37.8 Å². The Morgan fingerprint density at radius 1 is 1.05 bits per heavy atom. The maximum atomic E-state index is 12.8. The van der Waals surface area contributed by atoms with Gasteiger partial charge in [-0.2, -0.15) is 0 Å². The van der Waals surface area contributed by atoms with Crippen molar-refractivity contribution < 1.29 is 9.18 Å². The van der Waals surface area contributed by atoms with E-state index in [9.17, 15) is 9.18 Å². The molecule has 0 atom stereocenters. The van der Waals surface area contributed by atoms with Crippen LogP contribution in [0, 0.1) is 5.82 Å². The van der Waals surface area contributed by atoms with Crippen LogP contribution in [-0.2, 0) is 4.79 Å². The van der Waals surface area contributed by atoms with E-state index in [0.29, 0.717) is 0 Å². The van der Waals surface area contributed by atoms with Gasteiger partial charge in [-0.1, -0.05) is 25.0 Å². The van der Waals surface area contributed by atoms with Crippen LogP contribution in [0.5, 0.6) is 0 Å². The zero-order valence-electron chi connectivity index (χ0n) is 12.9. The molecule has 0 radical (unpaired) electrons. The number of halogens is 1. The third-order valence-corrected chi connectivity index (χ3v) is 4.76. The average Bonchev–Trinajstić information content (AvgIpc) is 3.09. The second-order valence-electron chi connectivity index (χ2n) is 6.18. The van der Waals surface area contributed by atoms with E-state index >= 15 is 0 Å². The monoisotopic (exact) mass is 302 g/mol. The molecular weight excluding hydrogens is 279 g/mol. The second-order valence-corrected chi connectivity index (χ2v) is 6.18. The van der Waals surface area contributed by atoms with Crippen LogP contribution in [0.25, 0.3) is 6.08 Å². The van der Waals surface area contributed by atoms with Crippen LogP contribution in [0.3, 0.4) is 0 Å². The number of rotatable bonds is 3. The van der Waals surface area contributed by atoms with E-state index in [-0.39, 0.29) is 11.7 Å². The van der Waals surface area contributed by atoms with Gasteiger partial charge in [0.05, 0.1) is 0 Å². The van der Waals surface area contributed by atoms with E-state index in [1.54, 1.807) is 24.3 Å². The third kappa shape index (κ3) is 3.74. The van der Waals surface area contributed by atoms with E-state index in [2.05, 4.69) is 4.90 Å². The van der Waals surface area contributed by atoms with Crippen molar-refractivity contribution in [3.63, 3.8) is 0 Å². The Kier molecular flexibility index (Phi) is 4.88. The molecule has 1 aromatic rings. The topological polar surface area (TPSA) is 23.6 Å². The number of hydrogen-bond acceptors (Lipinski definition) is 2. The minimum Gasteiger partial charge on any atom is -0.337 e. The Balaban J connectivity index is 1.50. The quantitative estimate of drug-likeness (QED) is 0.802. The van der Waals surface area contributed by atoms with Gasteiger partial charge in [0.2, 0.25) is 5.91 Å². The summed E-state index contributed by atoms with van der Waals surface area (Å²) >= 11 is 0. The van der Waals surface area contributed by atoms with Crippen LogP contribution in [0.1, 0.15) is 31.2 Å². The first-order valence-corrected chi connectivity index (χ1v) is 8.19. The van der Waals surface area contributed by atoms with E-state index in [1.807, 2.05) is 4.90 Å². The molecule has 1 saturated heterocycles. The largest absolute Gasteiger partial charge is 0.337 e. The molecule has 3 nitrogen and oxygen atoms in total. The third-order valence-electron chi connectivity index (χ3n) is 4.76. The van der Waals surface area contributed by atoms with Crippen LogP contribution in [0.4, 0.5) is 4.39 Å². The van der Waals surface area contributed by atoms with Gasteiger partial charge in [0.15, 0.2) is 0 Å². The molecule has 4 heteroatoms. The highest BCUT2D eigenvalue weighted by atomic mass is 19.1. The molecule has 3 rings (SSSR count).